The molecule has 1 aliphatic rings. The number of aliphatic imine (C=N–C) groups is 1. The average Bonchev–Trinajstić information content (AvgIpc) is 3.60. The third kappa shape index (κ3) is 13.8. The minimum absolute atomic E-state index is 0.00897. The van der Waals surface area contributed by atoms with Gasteiger partial charge >= 0.3 is 5.63 Å². The van der Waals surface area contributed by atoms with E-state index in [0.717, 1.165) is 11.6 Å². The molecule has 2 unspecified atom stereocenters. The number of fused-ring (bicyclic) bond motifs is 1. The highest BCUT2D eigenvalue weighted by Crippen LogP contribution is 2.24. The third-order valence-corrected chi connectivity index (χ3v) is 9.87. The van der Waals surface area contributed by atoms with Crippen LogP contribution in [0.3, 0.4) is 0 Å². The van der Waals surface area contributed by atoms with Crippen LogP contribution in [-0.2, 0) is 57.3 Å². The summed E-state index contributed by atoms with van der Waals surface area (Å²) in [7, 11) is -1.24. The lowest BCUT2D eigenvalue weighted by Gasteiger charge is -2.26. The molecule has 0 saturated carbocycles. The first kappa shape index (κ1) is 44.6. The fraction of sp³-hybridized carbons (Fsp3) is 0.421. The van der Waals surface area contributed by atoms with Crippen molar-refractivity contribution < 1.29 is 42.1 Å². The number of benzene rings is 2. The van der Waals surface area contributed by atoms with E-state index < -0.39 is 82.6 Å². The number of likely N-dealkylation sites (tertiary alicyclic amines) is 1. The Labute approximate surface area is 336 Å². The highest BCUT2D eigenvalue weighted by Gasteiger charge is 2.41. The maximum absolute atomic E-state index is 14.1. The zero-order chi connectivity index (χ0) is 42.4. The highest BCUT2D eigenvalue weighted by atomic mass is 32.2. The minimum Gasteiger partial charge on any atom is -0.423 e. The number of nitrogens with one attached hydrogen (secondary N) is 4. The van der Waals surface area contributed by atoms with Crippen LogP contribution < -0.4 is 44.1 Å². The Morgan fingerprint density at radius 1 is 0.983 bits per heavy atom. The highest BCUT2D eigenvalue weighted by molar-refractivity contribution is 7.84. The lowest BCUT2D eigenvalue weighted by molar-refractivity contribution is -0.139. The molecule has 0 spiro atoms. The second kappa shape index (κ2) is 21.4. The number of carbonyl (C=O) groups excluding carboxylic acids is 6. The molecule has 4 rings (SSSR count). The quantitative estimate of drug-likeness (QED) is 0.0309. The zero-order valence-electron chi connectivity index (χ0n) is 32.2. The van der Waals surface area contributed by atoms with Gasteiger partial charge in [-0.15, -0.1) is 0 Å². The average molecular weight is 824 g/mol. The lowest BCUT2D eigenvalue weighted by Crippen LogP contribution is -2.54. The third-order valence-electron chi connectivity index (χ3n) is 9.06. The number of rotatable bonds is 20. The standard InChI is InChI=1S/C38H49N9O10S/c1-22(48)44-29(12-14-58(2)55)35(52)43-19-33(50)47-20-26(56-21-23-7-4-3-5-8-23)18-30(47)37(54)46-28(9-6-13-42-38(40)41)36(53)45-25-10-11-27-24(15-32(39)49)16-34(51)57-31(27)17-25/h3-5,7-8,10-11,16-17,26,28-30H,6,9,12-15,18-21H2,1-2H3,(H2,39,49)(H,43,52)(H,44,48)(H,45,53)(H,46,54)(H4,40,41,42)/t26?,28-,29-,30-,58?/m0/s1. The number of anilines is 1. The summed E-state index contributed by atoms with van der Waals surface area (Å²) in [5.41, 5.74) is 17.1. The van der Waals surface area contributed by atoms with Crippen molar-refractivity contribution in [2.75, 3.05) is 37.0 Å². The first-order valence-corrected chi connectivity index (χ1v) is 20.1. The van der Waals surface area contributed by atoms with Crippen LogP contribution in [0.4, 0.5) is 5.69 Å². The molecule has 1 aliphatic heterocycles. The SMILES string of the molecule is CC(=O)N[C@@H](CCS(C)=O)C(=O)NCC(=O)N1CC(OCc2ccccc2)C[C@H]1C(=O)N[C@@H](CCCN=C(N)N)C(=O)Nc1ccc2c(CC(N)=O)cc(=O)oc2c1. The van der Waals surface area contributed by atoms with Crippen LogP contribution in [0.2, 0.25) is 0 Å². The first-order valence-electron chi connectivity index (χ1n) is 18.4. The van der Waals surface area contributed by atoms with E-state index in [-0.39, 0.29) is 74.8 Å². The Hall–Kier alpha value is -6.15. The lowest BCUT2D eigenvalue weighted by atomic mass is 10.1. The maximum Gasteiger partial charge on any atom is 0.336 e. The predicted molar refractivity (Wildman–Crippen MR) is 215 cm³/mol. The molecule has 10 N–H and O–H groups in total. The van der Waals surface area contributed by atoms with Crippen molar-refractivity contribution in [2.24, 2.45) is 22.2 Å². The predicted octanol–water partition coefficient (Wildman–Crippen LogP) is -1.13. The Morgan fingerprint density at radius 2 is 1.71 bits per heavy atom. The number of hydrogen-bond donors (Lipinski definition) is 7. The molecular weight excluding hydrogens is 775 g/mol. The number of amides is 6. The van der Waals surface area contributed by atoms with Crippen molar-refractivity contribution in [1.29, 1.82) is 0 Å². The summed E-state index contributed by atoms with van der Waals surface area (Å²) in [6.07, 6.45) is 1.14. The molecule has 2 aromatic carbocycles. The molecule has 0 aliphatic carbocycles. The monoisotopic (exact) mass is 823 g/mol. The molecule has 3 aromatic rings. The Morgan fingerprint density at radius 3 is 2.38 bits per heavy atom. The van der Waals surface area contributed by atoms with Gasteiger partial charge in [0.15, 0.2) is 5.96 Å². The largest absolute Gasteiger partial charge is 0.423 e. The van der Waals surface area contributed by atoms with Gasteiger partial charge in [-0.2, -0.15) is 0 Å². The van der Waals surface area contributed by atoms with Crippen molar-refractivity contribution in [3.05, 3.63) is 76.1 Å². The van der Waals surface area contributed by atoms with Gasteiger partial charge in [-0.25, -0.2) is 4.79 Å². The van der Waals surface area contributed by atoms with Crippen molar-refractivity contribution in [3.63, 3.8) is 0 Å². The molecule has 0 radical (unpaired) electrons. The van der Waals surface area contributed by atoms with Crippen LogP contribution in [0.25, 0.3) is 11.0 Å². The number of guanidine groups is 1. The molecule has 58 heavy (non-hydrogen) atoms. The fourth-order valence-electron chi connectivity index (χ4n) is 6.33. The molecule has 20 heteroatoms. The van der Waals surface area contributed by atoms with Gasteiger partial charge in [0.1, 0.15) is 23.7 Å². The molecule has 2 heterocycles. The van der Waals surface area contributed by atoms with Gasteiger partial charge in [0, 0.05) is 72.4 Å². The topological polar surface area (TPSA) is 301 Å². The molecule has 312 valence electrons. The van der Waals surface area contributed by atoms with Gasteiger partial charge in [0.05, 0.1) is 25.7 Å². The van der Waals surface area contributed by atoms with Crippen LogP contribution >= 0.6 is 0 Å². The summed E-state index contributed by atoms with van der Waals surface area (Å²) in [6, 6.07) is 11.6. The minimum atomic E-state index is -1.24. The number of nitrogens with two attached hydrogens (primary N) is 3. The van der Waals surface area contributed by atoms with Crippen LogP contribution in [-0.4, -0.2) is 106 Å². The molecule has 5 atom stereocenters. The van der Waals surface area contributed by atoms with Gasteiger partial charge in [-0.1, -0.05) is 30.3 Å². The fourth-order valence-corrected chi connectivity index (χ4v) is 6.90. The second-order valence-corrected chi connectivity index (χ2v) is 15.3. The molecule has 1 saturated heterocycles. The van der Waals surface area contributed by atoms with Gasteiger partial charge in [0.2, 0.25) is 35.4 Å². The number of hydrogen-bond acceptors (Lipinski definition) is 11. The van der Waals surface area contributed by atoms with Gasteiger partial charge in [0.25, 0.3) is 0 Å². The van der Waals surface area contributed by atoms with Crippen molar-refractivity contribution in [2.45, 2.75) is 69.9 Å². The smallest absolute Gasteiger partial charge is 0.336 e. The molecule has 1 aromatic heterocycles. The van der Waals surface area contributed by atoms with Crippen LogP contribution in [0, 0.1) is 0 Å². The van der Waals surface area contributed by atoms with E-state index in [2.05, 4.69) is 26.3 Å². The molecule has 1 fully saturated rings. The van der Waals surface area contributed by atoms with Crippen molar-refractivity contribution >= 4 is 68.9 Å². The van der Waals surface area contributed by atoms with E-state index in [1.165, 1.54) is 30.2 Å². The summed E-state index contributed by atoms with van der Waals surface area (Å²) < 4.78 is 23.1. The Bertz CT molecular complexity index is 2090. The second-order valence-electron chi connectivity index (χ2n) is 13.7. The maximum atomic E-state index is 14.1. The van der Waals surface area contributed by atoms with Crippen molar-refractivity contribution in [3.8, 4) is 0 Å². The zero-order valence-corrected chi connectivity index (χ0v) is 33.0. The van der Waals surface area contributed by atoms with Gasteiger partial charge < -0.3 is 52.5 Å². The number of ether oxygens (including phenoxy) is 1. The first-order chi connectivity index (χ1) is 27.6. The van der Waals surface area contributed by atoms with Crippen LogP contribution in [0.15, 0.2) is 68.8 Å². The van der Waals surface area contributed by atoms with E-state index in [1.807, 2.05) is 30.3 Å². The van der Waals surface area contributed by atoms with Gasteiger partial charge in [-0.3, -0.25) is 38.0 Å². The van der Waals surface area contributed by atoms with E-state index >= 15 is 0 Å². The van der Waals surface area contributed by atoms with Crippen LogP contribution in [0.5, 0.6) is 0 Å². The van der Waals surface area contributed by atoms with Crippen LogP contribution in [0.1, 0.15) is 43.7 Å². The molecule has 6 amide bonds. The van der Waals surface area contributed by atoms with E-state index in [9.17, 15) is 37.8 Å². The molecule has 0 bridgehead atoms. The molecular formula is C38H49N9O10S. The van der Waals surface area contributed by atoms with Crippen molar-refractivity contribution in [1.82, 2.24) is 20.9 Å². The number of carbonyl (C=O) groups is 6. The summed E-state index contributed by atoms with van der Waals surface area (Å²) >= 11 is 0. The van der Waals surface area contributed by atoms with E-state index in [0.29, 0.717) is 10.9 Å². The Balaban J connectivity index is 1.54. The van der Waals surface area contributed by atoms with Gasteiger partial charge in [-0.05, 0) is 42.5 Å². The Kier molecular flexibility index (Phi) is 16.4. The summed E-state index contributed by atoms with van der Waals surface area (Å²) in [5.74, 6) is -3.76. The van der Waals surface area contributed by atoms with E-state index in [1.54, 1.807) is 6.07 Å². The molecule has 19 nitrogen and oxygen atoms in total. The summed E-state index contributed by atoms with van der Waals surface area (Å²) in [4.78, 5) is 95.4. The normalized spacial score (nSPS) is 16.4. The number of primary amides is 1. The summed E-state index contributed by atoms with van der Waals surface area (Å²) in [5, 5.41) is 10.9. The number of nitrogens with zero attached hydrogens (tertiary/aromatic N) is 2. The summed E-state index contributed by atoms with van der Waals surface area (Å²) in [6.45, 7) is 1.03. The van der Waals surface area contributed by atoms with E-state index in [4.69, 9.17) is 26.4 Å².